The highest BCUT2D eigenvalue weighted by Crippen LogP contribution is 2.53. The topological polar surface area (TPSA) is 325 Å². The van der Waals surface area contributed by atoms with Crippen LogP contribution < -0.4 is 0 Å². The Morgan fingerprint density at radius 3 is 1.32 bits per heavy atom. The normalized spacial score (nSPS) is 33.0. The zero-order chi connectivity index (χ0) is 73.0. The van der Waals surface area contributed by atoms with Crippen molar-refractivity contribution >= 4 is 71.6 Å². The molecule has 0 bridgehead atoms. The lowest BCUT2D eigenvalue weighted by atomic mass is 9.75. The molecule has 0 aromatic rings. The number of fused-ring (bicyclic) bond motifs is 6. The van der Waals surface area contributed by atoms with Gasteiger partial charge in [-0.3, -0.25) is 0 Å². The lowest BCUT2D eigenvalue weighted by Gasteiger charge is -2.39. The highest BCUT2D eigenvalue weighted by atomic mass is 19.4. The average Bonchev–Trinajstić information content (AvgIpc) is 1.57. The third-order valence-corrected chi connectivity index (χ3v) is 19.3. The maximum atomic E-state index is 13.3. The number of cyclic esters (lactones) is 1. The van der Waals surface area contributed by atoms with Gasteiger partial charge in [0.15, 0.2) is 6.10 Å². The summed E-state index contributed by atoms with van der Waals surface area (Å²) in [6, 6.07) is 0. The number of carbonyl (C=O) groups is 12. The van der Waals surface area contributed by atoms with Gasteiger partial charge in [0.25, 0.3) is 0 Å². The maximum absolute atomic E-state index is 13.3. The maximum Gasteiger partial charge on any atom is 0.440 e. The van der Waals surface area contributed by atoms with Crippen molar-refractivity contribution in [1.82, 2.24) is 0 Å². The van der Waals surface area contributed by atoms with E-state index in [1.54, 1.807) is 27.7 Å². The number of halogens is 3. The van der Waals surface area contributed by atoms with Crippen molar-refractivity contribution in [3.8, 4) is 0 Å². The van der Waals surface area contributed by atoms with Crippen LogP contribution in [0, 0.1) is 35.5 Å². The minimum absolute atomic E-state index is 0.0380. The first-order chi connectivity index (χ1) is 46.6. The van der Waals surface area contributed by atoms with E-state index in [2.05, 4.69) is 44.2 Å². The standard InChI is InChI=1S/2C13H18O4.C12H13F3O4.C12H16O4.C11H14O4.C10H12O5/c1-8(2)12(14)17-11-10-6-4-3-5-9(10)7-16-13(11)15;1-8(2)12(14)17-11-7-9-5-3-4-6-10(9)16-13(11)15;1-6(2)9(16)19-11(12(13,14)15)7-4-3-5-8(7)18-10(11)17;1-7(2)11(13)16-10-8-5-3-4-6-9(8)15-12(10)14;1-6(2)10(12)15-9-7-4-3-5-8(7)14-11(9)13;1-5(2)9(11)15-8-7-6(3-4-13-7)14-10(8)12/h2*9-11H,1,3-7H2,2H3;7-8H,1,3-5H2,2H3;8-10H,1,3-6H2,2H3;7-9H,1,3-5H2,2H3;6-8H,1,3-4H2,2H3. The van der Waals surface area contributed by atoms with E-state index >= 15 is 0 Å². The summed E-state index contributed by atoms with van der Waals surface area (Å²) in [6.07, 6.45) is 7.14. The first kappa shape index (κ1) is 78.2. The predicted molar refractivity (Wildman–Crippen MR) is 337 cm³/mol. The van der Waals surface area contributed by atoms with Crippen molar-refractivity contribution in [2.75, 3.05) is 13.2 Å². The van der Waals surface area contributed by atoms with E-state index in [9.17, 15) is 70.7 Å². The van der Waals surface area contributed by atoms with Gasteiger partial charge in [-0.25, -0.2) is 57.5 Å². The Labute approximate surface area is 572 Å². The molecule has 28 heteroatoms. The zero-order valence-electron chi connectivity index (χ0n) is 57.0. The second-order valence-electron chi connectivity index (χ2n) is 27.2. The fourth-order valence-corrected chi connectivity index (χ4v) is 14.0. The fraction of sp³-hybridized carbons (Fsp3) is 0.662. The van der Waals surface area contributed by atoms with E-state index in [1.165, 1.54) is 26.7 Å². The first-order valence-electron chi connectivity index (χ1n) is 33.7. The quantitative estimate of drug-likeness (QED) is 0.0999. The molecule has 99 heavy (non-hydrogen) atoms. The summed E-state index contributed by atoms with van der Waals surface area (Å²) < 4.78 is 106. The summed E-state index contributed by atoms with van der Waals surface area (Å²) in [7, 11) is 0. The van der Waals surface area contributed by atoms with Gasteiger partial charge in [0.1, 0.15) is 36.6 Å². The molecule has 12 rings (SSSR count). The Morgan fingerprint density at radius 1 is 0.404 bits per heavy atom. The lowest BCUT2D eigenvalue weighted by Crippen LogP contribution is -2.57. The minimum atomic E-state index is -5.00. The molecule has 18 atom stereocenters. The van der Waals surface area contributed by atoms with Crippen LogP contribution in [0.15, 0.2) is 72.9 Å². The molecule has 5 aliphatic carbocycles. The van der Waals surface area contributed by atoms with Gasteiger partial charge >= 0.3 is 83.4 Å². The Kier molecular flexibility index (Phi) is 27.1. The smallest absolute Gasteiger partial charge is 0.440 e. The molecule has 5 saturated carbocycles. The molecule has 7 heterocycles. The molecular weight excluding hydrogens is 1310 g/mol. The largest absolute Gasteiger partial charge is 0.463 e. The minimum Gasteiger partial charge on any atom is -0.463 e. The predicted octanol–water partition coefficient (Wildman–Crippen LogP) is 8.93. The molecule has 12 fully saturated rings. The van der Waals surface area contributed by atoms with Crippen LogP contribution >= 0.6 is 0 Å². The van der Waals surface area contributed by atoms with Crippen LogP contribution in [-0.4, -0.2) is 164 Å². The van der Waals surface area contributed by atoms with E-state index in [4.69, 9.17) is 56.8 Å². The van der Waals surface area contributed by atoms with Gasteiger partial charge in [-0.1, -0.05) is 65.2 Å². The monoisotopic (exact) mass is 1400 g/mol. The van der Waals surface area contributed by atoms with Crippen molar-refractivity contribution < 1.29 is 132 Å². The van der Waals surface area contributed by atoms with Crippen LogP contribution in [0.25, 0.3) is 0 Å². The second kappa shape index (κ2) is 34.3. The van der Waals surface area contributed by atoms with Crippen LogP contribution in [-0.2, 0) is 119 Å². The molecule has 0 aromatic heterocycles. The SMILES string of the molecule is C=C(C)C(=O)OC1(C(F)(F)F)C(=O)OC2CCCC21.C=C(C)C(=O)OC1C(=O)OC2CCCC21.C=C(C)C(=O)OC1C(=O)OC2CCCCC21.C=C(C)C(=O)OC1C(=O)OC2CCOC21.C=C(C)C(=O)OC1C(=O)OCC2CCCCC21.C=C(C)C(=O)OC1CC2CCCCC2OC1=O. The van der Waals surface area contributed by atoms with Crippen molar-refractivity contribution in [3.05, 3.63) is 72.9 Å². The highest BCUT2D eigenvalue weighted by molar-refractivity contribution is 5.94. The van der Waals surface area contributed by atoms with Gasteiger partial charge in [-0.05, 0) is 131 Å². The number of rotatable bonds is 12. The van der Waals surface area contributed by atoms with Crippen LogP contribution in [0.5, 0.6) is 0 Å². The summed E-state index contributed by atoms with van der Waals surface area (Å²) in [5.41, 5.74) is -1.87. The highest BCUT2D eigenvalue weighted by Gasteiger charge is 2.75. The Balaban J connectivity index is 0.000000167. The molecule has 18 unspecified atom stereocenters. The van der Waals surface area contributed by atoms with Gasteiger partial charge in [0, 0.05) is 75.9 Å². The Hall–Kier alpha value is -8.17. The summed E-state index contributed by atoms with van der Waals surface area (Å²) in [5.74, 6) is -7.73. The molecular formula is C71H91F3O25. The number of carbonyl (C=O) groups excluding carboxylic acids is 12. The van der Waals surface area contributed by atoms with Gasteiger partial charge in [-0.2, -0.15) is 13.2 Å². The van der Waals surface area contributed by atoms with Crippen LogP contribution in [0.4, 0.5) is 13.2 Å². The van der Waals surface area contributed by atoms with Gasteiger partial charge in [-0.15, -0.1) is 0 Å². The van der Waals surface area contributed by atoms with Crippen LogP contribution in [0.1, 0.15) is 170 Å². The number of alkyl halides is 3. The Morgan fingerprint density at radius 2 is 0.798 bits per heavy atom. The van der Waals surface area contributed by atoms with E-state index in [0.29, 0.717) is 73.0 Å². The third kappa shape index (κ3) is 19.2. The molecule has 25 nitrogen and oxygen atoms in total. The molecule has 546 valence electrons. The molecule has 7 aliphatic heterocycles. The number of esters is 12. The molecule has 0 amide bonds. The van der Waals surface area contributed by atoms with Crippen molar-refractivity contribution in [2.45, 2.75) is 249 Å². The van der Waals surface area contributed by atoms with Gasteiger partial charge in [0.2, 0.25) is 24.4 Å². The average molecular weight is 1400 g/mol. The van der Waals surface area contributed by atoms with Crippen LogP contribution in [0.3, 0.4) is 0 Å². The van der Waals surface area contributed by atoms with E-state index < -0.39 is 132 Å². The number of ether oxygens (including phenoxy) is 13. The van der Waals surface area contributed by atoms with Crippen LogP contribution in [0.2, 0.25) is 0 Å². The molecule has 7 saturated heterocycles. The van der Waals surface area contributed by atoms with Crippen molar-refractivity contribution in [3.63, 3.8) is 0 Å². The molecule has 0 N–H and O–H groups in total. The zero-order valence-corrected chi connectivity index (χ0v) is 57.0. The summed E-state index contributed by atoms with van der Waals surface area (Å²) in [5, 5.41) is 0. The summed E-state index contributed by atoms with van der Waals surface area (Å²) >= 11 is 0. The third-order valence-electron chi connectivity index (χ3n) is 19.3. The van der Waals surface area contributed by atoms with Gasteiger partial charge in [0.05, 0.1) is 19.1 Å². The molecule has 0 spiro atoms. The van der Waals surface area contributed by atoms with Gasteiger partial charge < -0.3 is 61.6 Å². The molecule has 12 aliphatic rings. The number of hydrogen-bond donors (Lipinski definition) is 0. The lowest BCUT2D eigenvalue weighted by molar-refractivity contribution is -0.270. The Bertz CT molecular complexity index is 3120. The van der Waals surface area contributed by atoms with Crippen molar-refractivity contribution in [2.24, 2.45) is 35.5 Å². The van der Waals surface area contributed by atoms with E-state index in [1.807, 2.05) is 0 Å². The fourth-order valence-electron chi connectivity index (χ4n) is 14.0. The number of hydrogen-bond acceptors (Lipinski definition) is 25. The van der Waals surface area contributed by atoms with E-state index in [-0.39, 0.29) is 59.7 Å². The van der Waals surface area contributed by atoms with E-state index in [0.717, 1.165) is 83.5 Å². The molecule has 0 radical (unpaired) electrons. The second-order valence-corrected chi connectivity index (χ2v) is 27.2. The molecule has 0 aromatic carbocycles. The summed E-state index contributed by atoms with van der Waals surface area (Å²) in [4.78, 5) is 138. The van der Waals surface area contributed by atoms with Crippen molar-refractivity contribution in [1.29, 1.82) is 0 Å². The summed E-state index contributed by atoms with van der Waals surface area (Å²) in [6.45, 7) is 30.7. The first-order valence-corrected chi connectivity index (χ1v) is 33.7.